The van der Waals surface area contributed by atoms with E-state index in [2.05, 4.69) is 10.3 Å². The molecule has 178 valence electrons. The molecule has 34 heavy (non-hydrogen) atoms. The highest BCUT2D eigenvalue weighted by Gasteiger charge is 2.38. The standard InChI is InChI=1S/C25H26N2O6S/c1-15-4-10-19(11-5-15)34(28,29)27-26-25-16(2)24(17-6-8-18(30-3)9-7-17)20-12-22-23(32-14-31-22)13-21(20)33-25/h4-13,16,24-27H,14H2,1-3H3/t16-,24-,25+/m1/s1. The predicted molar refractivity (Wildman–Crippen MR) is 126 cm³/mol. The molecule has 2 aliphatic rings. The molecule has 9 heteroatoms. The van der Waals surface area contributed by atoms with E-state index in [0.29, 0.717) is 17.2 Å². The zero-order valence-corrected chi connectivity index (χ0v) is 19.9. The van der Waals surface area contributed by atoms with Gasteiger partial charge in [0.2, 0.25) is 6.79 Å². The van der Waals surface area contributed by atoms with Crippen molar-refractivity contribution in [2.45, 2.75) is 30.9 Å². The van der Waals surface area contributed by atoms with Gasteiger partial charge in [0.05, 0.1) is 12.0 Å². The second kappa shape index (κ2) is 8.83. The lowest BCUT2D eigenvalue weighted by Crippen LogP contribution is -2.52. The van der Waals surface area contributed by atoms with E-state index in [9.17, 15) is 8.42 Å². The van der Waals surface area contributed by atoms with Crippen molar-refractivity contribution in [2.24, 2.45) is 5.92 Å². The molecule has 3 aromatic rings. The summed E-state index contributed by atoms with van der Waals surface area (Å²) < 4.78 is 48.3. The van der Waals surface area contributed by atoms with Crippen molar-refractivity contribution in [3.63, 3.8) is 0 Å². The van der Waals surface area contributed by atoms with Crippen LogP contribution in [0, 0.1) is 12.8 Å². The van der Waals surface area contributed by atoms with Crippen LogP contribution in [0.15, 0.2) is 65.6 Å². The van der Waals surface area contributed by atoms with Gasteiger partial charge in [-0.25, -0.2) is 13.8 Å². The van der Waals surface area contributed by atoms with Gasteiger partial charge in [-0.3, -0.25) is 0 Å². The van der Waals surface area contributed by atoms with E-state index in [-0.39, 0.29) is 23.5 Å². The van der Waals surface area contributed by atoms with Crippen LogP contribution in [-0.2, 0) is 10.0 Å². The molecule has 2 aliphatic heterocycles. The zero-order valence-electron chi connectivity index (χ0n) is 19.1. The molecule has 0 unspecified atom stereocenters. The third kappa shape index (κ3) is 4.18. The number of sulfonamides is 1. The third-order valence-electron chi connectivity index (χ3n) is 6.24. The average Bonchev–Trinajstić information content (AvgIpc) is 3.29. The van der Waals surface area contributed by atoms with E-state index in [1.165, 1.54) is 0 Å². The van der Waals surface area contributed by atoms with Crippen LogP contribution in [-0.4, -0.2) is 28.5 Å². The molecule has 0 spiro atoms. The monoisotopic (exact) mass is 482 g/mol. The number of hydrogen-bond acceptors (Lipinski definition) is 7. The number of hydrogen-bond donors (Lipinski definition) is 2. The molecule has 0 radical (unpaired) electrons. The summed E-state index contributed by atoms with van der Waals surface area (Å²) >= 11 is 0. The van der Waals surface area contributed by atoms with Gasteiger partial charge in [0.1, 0.15) is 11.5 Å². The lowest BCUT2D eigenvalue weighted by atomic mass is 9.78. The van der Waals surface area contributed by atoms with Gasteiger partial charge < -0.3 is 18.9 Å². The molecular formula is C25H26N2O6S. The predicted octanol–water partition coefficient (Wildman–Crippen LogP) is 3.70. The van der Waals surface area contributed by atoms with Gasteiger partial charge in [-0.05, 0) is 42.8 Å². The van der Waals surface area contributed by atoms with Gasteiger partial charge in [-0.1, -0.05) is 36.8 Å². The fourth-order valence-electron chi connectivity index (χ4n) is 4.35. The van der Waals surface area contributed by atoms with Crippen LogP contribution in [0.1, 0.15) is 29.5 Å². The summed E-state index contributed by atoms with van der Waals surface area (Å²) in [6, 6.07) is 18.2. The second-order valence-electron chi connectivity index (χ2n) is 8.45. The molecular weight excluding hydrogens is 456 g/mol. The Kier molecular flexibility index (Phi) is 5.85. The molecule has 5 rings (SSSR count). The highest BCUT2D eigenvalue weighted by molar-refractivity contribution is 7.89. The number of nitrogens with one attached hydrogen (secondary N) is 2. The largest absolute Gasteiger partial charge is 0.497 e. The average molecular weight is 483 g/mol. The Bertz CT molecular complexity index is 1290. The quantitative estimate of drug-likeness (QED) is 0.517. The van der Waals surface area contributed by atoms with Crippen LogP contribution in [0.2, 0.25) is 0 Å². The lowest BCUT2D eigenvalue weighted by molar-refractivity contribution is 0.0737. The van der Waals surface area contributed by atoms with E-state index in [4.69, 9.17) is 18.9 Å². The summed E-state index contributed by atoms with van der Waals surface area (Å²) in [6.07, 6.45) is -0.639. The van der Waals surface area contributed by atoms with Crippen LogP contribution >= 0.6 is 0 Å². The van der Waals surface area contributed by atoms with E-state index >= 15 is 0 Å². The summed E-state index contributed by atoms with van der Waals surface area (Å²) in [4.78, 5) is 2.66. The van der Waals surface area contributed by atoms with E-state index in [1.807, 2.05) is 44.2 Å². The van der Waals surface area contributed by atoms with Gasteiger partial charge >= 0.3 is 0 Å². The molecule has 0 bridgehead atoms. The molecule has 2 N–H and O–H groups in total. The zero-order chi connectivity index (χ0) is 23.9. The van der Waals surface area contributed by atoms with Gasteiger partial charge in [-0.15, -0.1) is 4.83 Å². The van der Waals surface area contributed by atoms with Crippen LogP contribution in [0.3, 0.4) is 0 Å². The molecule has 3 atom stereocenters. The molecule has 0 aromatic heterocycles. The number of fused-ring (bicyclic) bond motifs is 2. The van der Waals surface area contributed by atoms with E-state index in [1.54, 1.807) is 37.4 Å². The third-order valence-corrected chi connectivity index (χ3v) is 7.52. The van der Waals surface area contributed by atoms with Crippen molar-refractivity contribution in [3.8, 4) is 23.0 Å². The van der Waals surface area contributed by atoms with Gasteiger partial charge in [0.25, 0.3) is 10.0 Å². The van der Waals surface area contributed by atoms with Crippen LogP contribution < -0.4 is 29.2 Å². The minimum atomic E-state index is -3.78. The maximum atomic E-state index is 12.8. The normalized spacial score (nSPS) is 21.0. The number of hydrazine groups is 1. The fourth-order valence-corrected chi connectivity index (χ4v) is 5.24. The first-order valence-electron chi connectivity index (χ1n) is 10.9. The van der Waals surface area contributed by atoms with Crippen LogP contribution in [0.25, 0.3) is 0 Å². The first-order valence-corrected chi connectivity index (χ1v) is 12.4. The lowest BCUT2D eigenvalue weighted by Gasteiger charge is -2.38. The molecule has 8 nitrogen and oxygen atoms in total. The van der Waals surface area contributed by atoms with Gasteiger partial charge in [0.15, 0.2) is 17.7 Å². The van der Waals surface area contributed by atoms with E-state index < -0.39 is 16.3 Å². The molecule has 0 aliphatic carbocycles. The molecule has 3 aromatic carbocycles. The Morgan fingerprint density at radius 1 is 0.941 bits per heavy atom. The van der Waals surface area contributed by atoms with Gasteiger partial charge in [0, 0.05) is 23.5 Å². The minimum absolute atomic E-state index is 0.0921. The minimum Gasteiger partial charge on any atom is -0.497 e. The number of methoxy groups -OCH3 is 1. The maximum absolute atomic E-state index is 12.8. The highest BCUT2D eigenvalue weighted by Crippen LogP contribution is 2.48. The first kappa shape index (κ1) is 22.5. The summed E-state index contributed by atoms with van der Waals surface area (Å²) in [7, 11) is -2.15. The number of benzene rings is 3. The number of rotatable bonds is 6. The van der Waals surface area contributed by atoms with E-state index in [0.717, 1.165) is 22.4 Å². The maximum Gasteiger partial charge on any atom is 0.253 e. The number of ether oxygens (including phenoxy) is 4. The number of aryl methyl sites for hydroxylation is 1. The highest BCUT2D eigenvalue weighted by atomic mass is 32.2. The van der Waals surface area contributed by atoms with Crippen molar-refractivity contribution in [2.75, 3.05) is 13.9 Å². The Balaban J connectivity index is 1.46. The van der Waals surface area contributed by atoms with Crippen molar-refractivity contribution in [3.05, 3.63) is 77.4 Å². The molecule has 0 saturated carbocycles. The summed E-state index contributed by atoms with van der Waals surface area (Å²) in [5.74, 6) is 2.40. The summed E-state index contributed by atoms with van der Waals surface area (Å²) in [5.41, 5.74) is 5.87. The smallest absolute Gasteiger partial charge is 0.253 e. The molecule has 0 saturated heterocycles. The topological polar surface area (TPSA) is 95.1 Å². The van der Waals surface area contributed by atoms with Crippen molar-refractivity contribution in [1.29, 1.82) is 0 Å². The Morgan fingerprint density at radius 2 is 1.62 bits per heavy atom. The Hall–Kier alpha value is -3.27. The SMILES string of the molecule is COc1ccc([C@@H]2c3cc4c(cc3O[C@H](NNS(=O)(=O)c3ccc(C)cc3)[C@@H]2C)OCO4)cc1. The first-order chi connectivity index (χ1) is 16.4. The molecule has 0 fully saturated rings. The van der Waals surface area contributed by atoms with Crippen LogP contribution in [0.4, 0.5) is 0 Å². The van der Waals surface area contributed by atoms with Crippen molar-refractivity contribution >= 4 is 10.0 Å². The second-order valence-corrected chi connectivity index (χ2v) is 10.1. The van der Waals surface area contributed by atoms with Gasteiger partial charge in [-0.2, -0.15) is 0 Å². The molecule has 2 heterocycles. The van der Waals surface area contributed by atoms with Crippen LogP contribution in [0.5, 0.6) is 23.0 Å². The molecule has 0 amide bonds. The van der Waals surface area contributed by atoms with Crippen molar-refractivity contribution < 1.29 is 27.4 Å². The van der Waals surface area contributed by atoms with Crippen molar-refractivity contribution in [1.82, 2.24) is 10.3 Å². The Morgan fingerprint density at radius 3 is 2.29 bits per heavy atom. The summed E-state index contributed by atoms with van der Waals surface area (Å²) in [5, 5.41) is 0. The Labute approximate surface area is 198 Å². The summed E-state index contributed by atoms with van der Waals surface area (Å²) in [6.45, 7) is 4.07. The fraction of sp³-hybridized carbons (Fsp3) is 0.280.